The highest BCUT2D eigenvalue weighted by atomic mass is 79.9. The van der Waals surface area contributed by atoms with Gasteiger partial charge in [0.1, 0.15) is 5.69 Å². The lowest BCUT2D eigenvalue weighted by molar-refractivity contribution is 0.0702. The maximum Gasteiger partial charge on any atom is 0.270 e. The predicted molar refractivity (Wildman–Crippen MR) is 110 cm³/mol. The van der Waals surface area contributed by atoms with Gasteiger partial charge in [0.2, 0.25) is 0 Å². The molecular weight excluding hydrogens is 434 g/mol. The van der Waals surface area contributed by atoms with Crippen LogP contribution < -0.4 is 0 Å². The fraction of sp³-hybridized carbons (Fsp3) is 0.368. The van der Waals surface area contributed by atoms with Crippen LogP contribution in [-0.2, 0) is 6.54 Å². The summed E-state index contributed by atoms with van der Waals surface area (Å²) in [4.78, 5) is 19.6. The van der Waals surface area contributed by atoms with Crippen LogP contribution in [0.25, 0.3) is 10.2 Å². The van der Waals surface area contributed by atoms with Crippen LogP contribution in [0.2, 0.25) is 5.02 Å². The van der Waals surface area contributed by atoms with Crippen molar-refractivity contribution in [1.29, 1.82) is 0 Å². The number of piperidine rings is 1. The normalized spacial score (nSPS) is 15.7. The molecule has 0 N–H and O–H groups in total. The number of carbonyl (C=O) groups is 1. The number of likely N-dealkylation sites (tertiary alicyclic amines) is 1. The fourth-order valence-corrected chi connectivity index (χ4v) is 5.25. The molecule has 3 heterocycles. The van der Waals surface area contributed by atoms with Crippen LogP contribution in [-0.4, -0.2) is 33.4 Å². The molecule has 3 aromatic rings. The minimum Gasteiger partial charge on any atom is -0.343 e. The molecule has 2 aromatic heterocycles. The van der Waals surface area contributed by atoms with Crippen molar-refractivity contribution in [3.05, 3.63) is 50.7 Å². The smallest absolute Gasteiger partial charge is 0.270 e. The third kappa shape index (κ3) is 3.42. The van der Waals surface area contributed by atoms with Crippen LogP contribution in [0.4, 0.5) is 0 Å². The van der Waals surface area contributed by atoms with Gasteiger partial charge in [0.15, 0.2) is 0 Å². The lowest BCUT2D eigenvalue weighted by atomic mass is 9.97. The third-order valence-corrected chi connectivity index (χ3v) is 6.79. The number of carbonyl (C=O) groups excluding carboxylic acids is 1. The van der Waals surface area contributed by atoms with E-state index in [9.17, 15) is 4.79 Å². The Hall–Kier alpha value is -1.37. The first kappa shape index (κ1) is 18.0. The molecule has 1 fully saturated rings. The zero-order chi connectivity index (χ0) is 18.3. The van der Waals surface area contributed by atoms with E-state index in [2.05, 4.69) is 22.9 Å². The summed E-state index contributed by atoms with van der Waals surface area (Å²) in [6, 6.07) is 7.78. The molecule has 1 saturated heterocycles. The molecule has 0 bridgehead atoms. The Balaban J connectivity index is 1.47. The number of nitrogens with zero attached hydrogens (tertiary/aromatic N) is 3. The first-order valence-electron chi connectivity index (χ1n) is 8.76. The number of fused-ring (bicyclic) bond motifs is 1. The lowest BCUT2D eigenvalue weighted by Gasteiger charge is -2.31. The lowest BCUT2D eigenvalue weighted by Crippen LogP contribution is -2.38. The summed E-state index contributed by atoms with van der Waals surface area (Å²) < 4.78 is 4.12. The minimum atomic E-state index is 0.118. The van der Waals surface area contributed by atoms with Crippen LogP contribution in [0.3, 0.4) is 0 Å². The molecule has 0 unspecified atom stereocenters. The Morgan fingerprint density at radius 2 is 2.12 bits per heavy atom. The number of halogens is 2. The Kier molecular flexibility index (Phi) is 5.08. The van der Waals surface area contributed by atoms with Crippen molar-refractivity contribution in [2.75, 3.05) is 13.1 Å². The predicted octanol–water partition coefficient (Wildman–Crippen LogP) is 5.55. The van der Waals surface area contributed by atoms with Gasteiger partial charge in [-0.3, -0.25) is 4.79 Å². The second kappa shape index (κ2) is 7.33. The number of rotatable bonds is 3. The summed E-state index contributed by atoms with van der Waals surface area (Å²) in [6.07, 6.45) is 3.87. The highest BCUT2D eigenvalue weighted by molar-refractivity contribution is 9.10. The van der Waals surface area contributed by atoms with Gasteiger partial charge in [-0.25, -0.2) is 4.98 Å². The number of aromatic nitrogens is 2. The van der Waals surface area contributed by atoms with Crippen LogP contribution in [0, 0.1) is 0 Å². The van der Waals surface area contributed by atoms with Crippen molar-refractivity contribution < 1.29 is 4.79 Å². The largest absolute Gasteiger partial charge is 0.343 e. The van der Waals surface area contributed by atoms with Crippen molar-refractivity contribution >= 4 is 55.0 Å². The molecule has 0 saturated carbocycles. The molecule has 0 radical (unpaired) electrons. The second-order valence-corrected chi connectivity index (χ2v) is 8.97. The van der Waals surface area contributed by atoms with E-state index in [1.807, 2.05) is 39.9 Å². The summed E-state index contributed by atoms with van der Waals surface area (Å²) in [5.41, 5.74) is 1.73. The van der Waals surface area contributed by atoms with Crippen molar-refractivity contribution in [3.8, 4) is 0 Å². The van der Waals surface area contributed by atoms with Crippen molar-refractivity contribution in [1.82, 2.24) is 14.5 Å². The van der Waals surface area contributed by atoms with Crippen LogP contribution in [0.1, 0.15) is 41.2 Å². The van der Waals surface area contributed by atoms with E-state index in [1.165, 1.54) is 4.70 Å². The van der Waals surface area contributed by atoms with Gasteiger partial charge in [0.25, 0.3) is 5.91 Å². The Morgan fingerprint density at radius 1 is 1.35 bits per heavy atom. The third-order valence-electron chi connectivity index (χ3n) is 4.92. The monoisotopic (exact) mass is 451 g/mol. The molecule has 1 aliphatic heterocycles. The molecule has 26 heavy (non-hydrogen) atoms. The van der Waals surface area contributed by atoms with E-state index < -0.39 is 0 Å². The molecule has 1 aromatic carbocycles. The Morgan fingerprint density at radius 3 is 2.85 bits per heavy atom. The van der Waals surface area contributed by atoms with Gasteiger partial charge in [-0.15, -0.1) is 11.3 Å². The average Bonchev–Trinajstić information content (AvgIpc) is 3.24. The van der Waals surface area contributed by atoms with Gasteiger partial charge in [-0.1, -0.05) is 11.6 Å². The number of aryl methyl sites for hydroxylation is 1. The van der Waals surface area contributed by atoms with Gasteiger partial charge >= 0.3 is 0 Å². The first-order chi connectivity index (χ1) is 12.5. The first-order valence-corrected chi connectivity index (χ1v) is 10.7. The van der Waals surface area contributed by atoms with Crippen LogP contribution in [0.15, 0.2) is 34.9 Å². The van der Waals surface area contributed by atoms with Crippen molar-refractivity contribution in [2.45, 2.75) is 32.2 Å². The number of hydrogen-bond donors (Lipinski definition) is 0. The summed E-state index contributed by atoms with van der Waals surface area (Å²) >= 11 is 11.3. The summed E-state index contributed by atoms with van der Waals surface area (Å²) in [6.45, 7) is 4.38. The molecule has 1 aliphatic rings. The maximum absolute atomic E-state index is 12.9. The zero-order valence-corrected chi connectivity index (χ0v) is 17.6. The molecule has 136 valence electrons. The molecule has 0 spiro atoms. The second-order valence-electron chi connectivity index (χ2n) is 6.56. The number of hydrogen-bond acceptors (Lipinski definition) is 3. The highest BCUT2D eigenvalue weighted by Gasteiger charge is 2.27. The van der Waals surface area contributed by atoms with Crippen LogP contribution >= 0.6 is 38.9 Å². The van der Waals surface area contributed by atoms with Gasteiger partial charge < -0.3 is 9.47 Å². The number of thiazole rings is 1. The summed E-state index contributed by atoms with van der Waals surface area (Å²) in [7, 11) is 0. The van der Waals surface area contributed by atoms with E-state index in [4.69, 9.17) is 16.6 Å². The average molecular weight is 453 g/mol. The fourth-order valence-electron chi connectivity index (χ4n) is 3.50. The Bertz CT molecular complexity index is 959. The van der Waals surface area contributed by atoms with Crippen molar-refractivity contribution in [3.63, 3.8) is 0 Å². The summed E-state index contributed by atoms with van der Waals surface area (Å²) in [5.74, 6) is 0.534. The van der Waals surface area contributed by atoms with Crippen molar-refractivity contribution in [2.24, 2.45) is 0 Å². The SMILES string of the molecule is CCn1cc(Br)cc1C(=O)N1CCC(c2nc3cc(Cl)ccc3s2)CC1. The van der Waals surface area contributed by atoms with E-state index in [0.29, 0.717) is 5.92 Å². The Labute approximate surface area is 169 Å². The van der Waals surface area contributed by atoms with E-state index in [-0.39, 0.29) is 5.91 Å². The standard InChI is InChI=1S/C19H19BrClN3OS/c1-2-23-11-13(20)9-16(23)19(25)24-7-5-12(6-8-24)18-22-15-10-14(21)3-4-17(15)26-18/h3-4,9-12H,2,5-8H2,1H3. The molecule has 4 rings (SSSR count). The zero-order valence-electron chi connectivity index (χ0n) is 14.4. The van der Waals surface area contributed by atoms with Crippen LogP contribution in [0.5, 0.6) is 0 Å². The van der Waals surface area contributed by atoms with E-state index in [1.54, 1.807) is 11.3 Å². The molecule has 1 amide bonds. The molecule has 0 atom stereocenters. The maximum atomic E-state index is 12.9. The molecule has 4 nitrogen and oxygen atoms in total. The topological polar surface area (TPSA) is 38.1 Å². The molecule has 0 aliphatic carbocycles. The van der Waals surface area contributed by atoms with E-state index >= 15 is 0 Å². The number of benzene rings is 1. The van der Waals surface area contributed by atoms with Gasteiger partial charge in [0.05, 0.1) is 15.2 Å². The van der Waals surface area contributed by atoms with E-state index in [0.717, 1.165) is 58.2 Å². The molecular formula is C19H19BrClN3OS. The highest BCUT2D eigenvalue weighted by Crippen LogP contribution is 2.35. The summed E-state index contributed by atoms with van der Waals surface area (Å²) in [5, 5.41) is 1.88. The minimum absolute atomic E-state index is 0.118. The number of amides is 1. The molecule has 7 heteroatoms. The van der Waals surface area contributed by atoms with Gasteiger partial charge in [-0.2, -0.15) is 0 Å². The quantitative estimate of drug-likeness (QED) is 0.522. The van der Waals surface area contributed by atoms with Gasteiger partial charge in [-0.05, 0) is 60.0 Å². The van der Waals surface area contributed by atoms with Gasteiger partial charge in [0, 0.05) is 41.2 Å².